The van der Waals surface area contributed by atoms with E-state index >= 15 is 0 Å². The van der Waals surface area contributed by atoms with Crippen LogP contribution in [0.1, 0.15) is 57.3 Å². The molecule has 2 aromatic rings. The fourth-order valence-corrected chi connectivity index (χ4v) is 2.94. The van der Waals surface area contributed by atoms with E-state index in [1.165, 1.54) is 13.2 Å². The molecule has 116 valence electrons. The van der Waals surface area contributed by atoms with Crippen molar-refractivity contribution in [3.63, 3.8) is 0 Å². The van der Waals surface area contributed by atoms with Crippen molar-refractivity contribution < 1.29 is 9.13 Å². The summed E-state index contributed by atoms with van der Waals surface area (Å²) in [7, 11) is 1.47. The predicted octanol–water partition coefficient (Wildman–Crippen LogP) is 5.24. The van der Waals surface area contributed by atoms with Gasteiger partial charge in [-0.05, 0) is 19.8 Å². The van der Waals surface area contributed by atoms with Crippen LogP contribution in [0.25, 0.3) is 11.0 Å². The van der Waals surface area contributed by atoms with Crippen molar-refractivity contribution in [3.05, 3.63) is 23.8 Å². The zero-order valence-electron chi connectivity index (χ0n) is 13.0. The summed E-state index contributed by atoms with van der Waals surface area (Å²) in [6.07, 6.45) is 3.10. The molecule has 2 atom stereocenters. The summed E-state index contributed by atoms with van der Waals surface area (Å²) in [5, 5.41) is -0.225. The van der Waals surface area contributed by atoms with E-state index in [9.17, 15) is 4.39 Å². The van der Waals surface area contributed by atoms with Gasteiger partial charge in [0.1, 0.15) is 5.82 Å². The van der Waals surface area contributed by atoms with E-state index in [1.54, 1.807) is 6.07 Å². The third-order valence-electron chi connectivity index (χ3n) is 3.80. The molecule has 0 bridgehead atoms. The predicted molar refractivity (Wildman–Crippen MR) is 84.7 cm³/mol. The lowest BCUT2D eigenvalue weighted by molar-refractivity contribution is 0.386. The maximum absolute atomic E-state index is 13.9. The molecule has 0 radical (unpaired) electrons. The fraction of sp³-hybridized carbons (Fsp3) is 0.562. The van der Waals surface area contributed by atoms with E-state index in [4.69, 9.17) is 16.3 Å². The number of imidazole rings is 1. The summed E-state index contributed by atoms with van der Waals surface area (Å²) in [6, 6.07) is 3.46. The molecule has 0 fully saturated rings. The lowest BCUT2D eigenvalue weighted by atomic mass is 10.1. The number of halogens is 2. The lowest BCUT2D eigenvalue weighted by Crippen LogP contribution is -2.12. The zero-order chi connectivity index (χ0) is 15.6. The van der Waals surface area contributed by atoms with E-state index in [0.717, 1.165) is 30.6 Å². The largest absolute Gasteiger partial charge is 0.494 e. The number of rotatable bonds is 6. The second kappa shape index (κ2) is 6.65. The van der Waals surface area contributed by atoms with E-state index < -0.39 is 5.82 Å². The summed E-state index contributed by atoms with van der Waals surface area (Å²) < 4.78 is 21.1. The van der Waals surface area contributed by atoms with Crippen molar-refractivity contribution in [2.45, 2.75) is 51.5 Å². The zero-order valence-corrected chi connectivity index (χ0v) is 13.7. The second-order valence-electron chi connectivity index (χ2n) is 5.28. The Kier molecular flexibility index (Phi) is 5.09. The van der Waals surface area contributed by atoms with Crippen LogP contribution in [0, 0.1) is 5.82 Å². The summed E-state index contributed by atoms with van der Waals surface area (Å²) in [5.41, 5.74) is 1.52. The Labute approximate surface area is 130 Å². The van der Waals surface area contributed by atoms with E-state index in [2.05, 4.69) is 23.4 Å². The topological polar surface area (TPSA) is 27.1 Å². The molecule has 5 heteroatoms. The number of methoxy groups -OCH3 is 1. The maximum Gasteiger partial charge on any atom is 0.167 e. The van der Waals surface area contributed by atoms with E-state index in [0.29, 0.717) is 11.6 Å². The third-order valence-corrected chi connectivity index (χ3v) is 4.00. The Hall–Kier alpha value is -1.29. The Morgan fingerprint density at radius 3 is 2.62 bits per heavy atom. The monoisotopic (exact) mass is 312 g/mol. The van der Waals surface area contributed by atoms with Crippen LogP contribution in [0.5, 0.6) is 5.75 Å². The third kappa shape index (κ3) is 3.00. The minimum atomic E-state index is -0.396. The van der Waals surface area contributed by atoms with Crippen LogP contribution >= 0.6 is 11.6 Å². The van der Waals surface area contributed by atoms with Crippen molar-refractivity contribution in [3.8, 4) is 5.75 Å². The molecule has 0 amide bonds. The molecule has 0 N–H and O–H groups in total. The normalized spacial score (nSPS) is 14.4. The first kappa shape index (κ1) is 16.1. The van der Waals surface area contributed by atoms with Gasteiger partial charge in [0.25, 0.3) is 0 Å². The minimum absolute atomic E-state index is 0.225. The molecule has 0 aliphatic heterocycles. The van der Waals surface area contributed by atoms with Gasteiger partial charge in [-0.1, -0.05) is 20.3 Å². The van der Waals surface area contributed by atoms with Crippen molar-refractivity contribution in [1.29, 1.82) is 0 Å². The molecule has 1 heterocycles. The fourth-order valence-electron chi connectivity index (χ4n) is 2.79. The van der Waals surface area contributed by atoms with Gasteiger partial charge in [0, 0.05) is 18.2 Å². The van der Waals surface area contributed by atoms with Gasteiger partial charge < -0.3 is 9.30 Å². The number of aromatic nitrogens is 2. The van der Waals surface area contributed by atoms with Crippen LogP contribution in [-0.4, -0.2) is 16.7 Å². The molecule has 0 saturated heterocycles. The summed E-state index contributed by atoms with van der Waals surface area (Å²) in [4.78, 5) is 4.53. The number of hydrogen-bond donors (Lipinski definition) is 0. The van der Waals surface area contributed by atoms with Crippen LogP contribution < -0.4 is 4.74 Å². The Morgan fingerprint density at radius 1 is 1.38 bits per heavy atom. The second-order valence-corrected chi connectivity index (χ2v) is 5.94. The molecule has 0 aliphatic carbocycles. The number of alkyl halides is 1. The van der Waals surface area contributed by atoms with Crippen molar-refractivity contribution in [2.24, 2.45) is 0 Å². The summed E-state index contributed by atoms with van der Waals surface area (Å²) in [5.74, 6) is 0.635. The van der Waals surface area contributed by atoms with Crippen LogP contribution in [-0.2, 0) is 0 Å². The number of fused-ring (bicyclic) bond motifs is 1. The van der Waals surface area contributed by atoms with Gasteiger partial charge in [0.15, 0.2) is 11.6 Å². The van der Waals surface area contributed by atoms with Gasteiger partial charge in [0.05, 0.1) is 23.5 Å². The van der Waals surface area contributed by atoms with Crippen molar-refractivity contribution in [2.75, 3.05) is 7.11 Å². The molecule has 2 unspecified atom stereocenters. The van der Waals surface area contributed by atoms with Gasteiger partial charge in [0.2, 0.25) is 0 Å². The average molecular weight is 313 g/mol. The molecule has 0 saturated carbocycles. The first-order valence-electron chi connectivity index (χ1n) is 7.42. The molecular formula is C16H22ClFN2O. The highest BCUT2D eigenvalue weighted by Gasteiger charge is 2.22. The first-order chi connectivity index (χ1) is 10.0. The van der Waals surface area contributed by atoms with Crippen molar-refractivity contribution in [1.82, 2.24) is 9.55 Å². The van der Waals surface area contributed by atoms with Crippen LogP contribution in [0.4, 0.5) is 4.39 Å². The Morgan fingerprint density at radius 2 is 2.10 bits per heavy atom. The summed E-state index contributed by atoms with van der Waals surface area (Å²) in [6.45, 7) is 6.20. The van der Waals surface area contributed by atoms with Gasteiger partial charge >= 0.3 is 0 Å². The average Bonchev–Trinajstić information content (AvgIpc) is 2.82. The molecular weight excluding hydrogens is 291 g/mol. The van der Waals surface area contributed by atoms with Gasteiger partial charge in [-0.2, -0.15) is 0 Å². The van der Waals surface area contributed by atoms with Gasteiger partial charge in [-0.25, -0.2) is 9.37 Å². The molecule has 0 spiro atoms. The number of nitrogens with zero attached hydrogens (tertiary/aromatic N) is 2. The smallest absolute Gasteiger partial charge is 0.167 e. The first-order valence-corrected chi connectivity index (χ1v) is 7.86. The quantitative estimate of drug-likeness (QED) is 0.682. The van der Waals surface area contributed by atoms with Crippen LogP contribution in [0.3, 0.4) is 0 Å². The molecule has 2 rings (SSSR count). The Balaban J connectivity index is 2.71. The number of ether oxygens (including phenoxy) is 1. The van der Waals surface area contributed by atoms with Crippen molar-refractivity contribution >= 4 is 22.6 Å². The molecule has 1 aromatic carbocycles. The Bertz CT molecular complexity index is 624. The highest BCUT2D eigenvalue weighted by atomic mass is 35.5. The van der Waals surface area contributed by atoms with Gasteiger partial charge in [-0.15, -0.1) is 11.6 Å². The summed E-state index contributed by atoms with van der Waals surface area (Å²) >= 11 is 6.29. The molecule has 3 nitrogen and oxygen atoms in total. The molecule has 1 aromatic heterocycles. The minimum Gasteiger partial charge on any atom is -0.494 e. The number of benzene rings is 1. The van der Waals surface area contributed by atoms with E-state index in [1.807, 2.05) is 6.92 Å². The highest BCUT2D eigenvalue weighted by molar-refractivity contribution is 6.20. The van der Waals surface area contributed by atoms with Crippen LogP contribution in [0.15, 0.2) is 12.1 Å². The van der Waals surface area contributed by atoms with Crippen LogP contribution in [0.2, 0.25) is 0 Å². The maximum atomic E-state index is 13.9. The highest BCUT2D eigenvalue weighted by Crippen LogP contribution is 2.34. The SMILES string of the molecule is CCCC(CC)n1c(C(C)Cl)nc2cc(F)c(OC)cc21. The number of hydrogen-bond acceptors (Lipinski definition) is 2. The molecule has 21 heavy (non-hydrogen) atoms. The standard InChI is InChI=1S/C16H22ClFN2O/c1-5-7-11(6-2)20-14-9-15(21-4)12(18)8-13(14)19-16(20)10(3)17/h8-11H,5-7H2,1-4H3. The lowest BCUT2D eigenvalue weighted by Gasteiger charge is -2.21. The van der Waals surface area contributed by atoms with Gasteiger partial charge in [-0.3, -0.25) is 0 Å². The van der Waals surface area contributed by atoms with E-state index in [-0.39, 0.29) is 11.1 Å². The molecule has 0 aliphatic rings.